The highest BCUT2D eigenvalue weighted by Crippen LogP contribution is 2.48. The number of hydrogen-bond donors (Lipinski definition) is 1. The molecule has 2 heterocycles. The minimum atomic E-state index is 0.0353. The number of aryl methyl sites for hydroxylation is 1. The zero-order valence-corrected chi connectivity index (χ0v) is 23.8. The normalized spacial score (nSPS) is 24.4. The third-order valence-electron chi connectivity index (χ3n) is 8.70. The molecule has 3 aliphatic rings. The molecule has 1 saturated carbocycles. The molecule has 3 nitrogen and oxygen atoms in total. The quantitative estimate of drug-likeness (QED) is 0.429. The van der Waals surface area contributed by atoms with Gasteiger partial charge in [-0.05, 0) is 109 Å². The number of benzene rings is 1. The molecule has 0 radical (unpaired) electrons. The van der Waals surface area contributed by atoms with Crippen LogP contribution < -0.4 is 0 Å². The highest BCUT2D eigenvalue weighted by atomic mass is 16.5. The van der Waals surface area contributed by atoms with Crippen molar-refractivity contribution >= 4 is 22.2 Å². The van der Waals surface area contributed by atoms with Crippen molar-refractivity contribution in [1.82, 2.24) is 4.98 Å². The molecule has 1 aliphatic heterocycles. The average molecular weight is 497 g/mol. The Morgan fingerprint density at radius 3 is 2.81 bits per heavy atom. The van der Waals surface area contributed by atoms with E-state index in [4.69, 9.17) is 15.1 Å². The topological polar surface area (TPSA) is 46.0 Å². The van der Waals surface area contributed by atoms with Crippen molar-refractivity contribution in [1.29, 1.82) is 5.41 Å². The maximum absolute atomic E-state index is 8.91. The lowest BCUT2D eigenvalue weighted by atomic mass is 9.63. The molecule has 0 amide bonds. The van der Waals surface area contributed by atoms with E-state index in [-0.39, 0.29) is 5.41 Å². The van der Waals surface area contributed by atoms with Crippen LogP contribution in [-0.2, 0) is 10.2 Å². The largest absolute Gasteiger partial charge is 0.497 e. The number of ether oxygens (including phenoxy) is 1. The molecule has 37 heavy (non-hydrogen) atoms. The fourth-order valence-corrected chi connectivity index (χ4v) is 7.22. The summed E-state index contributed by atoms with van der Waals surface area (Å²) in [5.74, 6) is 1.85. The van der Waals surface area contributed by atoms with E-state index in [0.29, 0.717) is 17.0 Å². The minimum absolute atomic E-state index is 0.0353. The summed E-state index contributed by atoms with van der Waals surface area (Å²) in [4.78, 5) is 4.96. The second kappa shape index (κ2) is 9.89. The molecule has 2 aliphatic carbocycles. The van der Waals surface area contributed by atoms with Gasteiger partial charge in [0.15, 0.2) is 0 Å². The van der Waals surface area contributed by atoms with E-state index >= 15 is 0 Å². The van der Waals surface area contributed by atoms with Gasteiger partial charge in [0.05, 0.1) is 12.1 Å². The van der Waals surface area contributed by atoms with Crippen molar-refractivity contribution in [3.05, 3.63) is 70.1 Å². The first-order chi connectivity index (χ1) is 17.6. The van der Waals surface area contributed by atoms with Crippen LogP contribution in [0.3, 0.4) is 0 Å². The highest BCUT2D eigenvalue weighted by Gasteiger charge is 2.38. The third kappa shape index (κ3) is 5.19. The second-order valence-corrected chi connectivity index (χ2v) is 13.2. The maximum atomic E-state index is 8.91. The van der Waals surface area contributed by atoms with E-state index in [1.54, 1.807) is 0 Å². The molecular weight excluding hydrogens is 452 g/mol. The van der Waals surface area contributed by atoms with Crippen molar-refractivity contribution in [2.45, 2.75) is 98.3 Å². The summed E-state index contributed by atoms with van der Waals surface area (Å²) in [7, 11) is 0. The van der Waals surface area contributed by atoms with Crippen LogP contribution in [0, 0.1) is 23.7 Å². The smallest absolute Gasteiger partial charge is 0.103 e. The van der Waals surface area contributed by atoms with E-state index < -0.39 is 0 Å². The fourth-order valence-electron chi connectivity index (χ4n) is 7.22. The van der Waals surface area contributed by atoms with E-state index in [1.165, 1.54) is 65.3 Å². The first-order valence-electron chi connectivity index (χ1n) is 14.3. The Morgan fingerprint density at radius 2 is 2.05 bits per heavy atom. The summed E-state index contributed by atoms with van der Waals surface area (Å²) in [6, 6.07) is 4.57. The molecule has 5 rings (SSSR count). The molecule has 3 heteroatoms. The third-order valence-corrected chi connectivity index (χ3v) is 8.70. The molecule has 2 atom stereocenters. The summed E-state index contributed by atoms with van der Waals surface area (Å²) >= 11 is 0. The summed E-state index contributed by atoms with van der Waals surface area (Å²) in [5, 5.41) is 10.1. The van der Waals surface area contributed by atoms with Gasteiger partial charge in [-0.3, -0.25) is 4.98 Å². The average Bonchev–Trinajstić information content (AvgIpc) is 3.04. The number of allylic oxidation sites excluding steroid dienone is 5. The Bertz CT molecular complexity index is 1320. The minimum Gasteiger partial charge on any atom is -0.497 e. The van der Waals surface area contributed by atoms with Gasteiger partial charge in [-0.15, -0.1) is 0 Å². The molecule has 2 aromatic rings. The molecule has 1 N–H and O–H groups in total. The summed E-state index contributed by atoms with van der Waals surface area (Å²) in [5.41, 5.74) is 9.44. The predicted molar refractivity (Wildman–Crippen MR) is 156 cm³/mol. The summed E-state index contributed by atoms with van der Waals surface area (Å²) < 4.78 is 6.04. The highest BCUT2D eigenvalue weighted by molar-refractivity contribution is 6.12. The van der Waals surface area contributed by atoms with Crippen LogP contribution in [0.1, 0.15) is 108 Å². The van der Waals surface area contributed by atoms with Gasteiger partial charge >= 0.3 is 0 Å². The lowest BCUT2D eigenvalue weighted by Crippen LogP contribution is -2.33. The van der Waals surface area contributed by atoms with Crippen molar-refractivity contribution in [2.75, 3.05) is 6.61 Å². The van der Waals surface area contributed by atoms with Gasteiger partial charge in [0.2, 0.25) is 0 Å². The van der Waals surface area contributed by atoms with Crippen LogP contribution in [0.4, 0.5) is 0 Å². The number of rotatable bonds is 4. The van der Waals surface area contributed by atoms with Gasteiger partial charge in [0.1, 0.15) is 5.76 Å². The second-order valence-electron chi connectivity index (χ2n) is 13.2. The van der Waals surface area contributed by atoms with Crippen LogP contribution in [0.15, 0.2) is 47.9 Å². The van der Waals surface area contributed by atoms with Gasteiger partial charge in [0.25, 0.3) is 0 Å². The van der Waals surface area contributed by atoms with E-state index in [1.807, 2.05) is 13.1 Å². The Kier molecular flexibility index (Phi) is 6.94. The van der Waals surface area contributed by atoms with Crippen LogP contribution in [0.2, 0.25) is 0 Å². The van der Waals surface area contributed by atoms with Crippen LogP contribution >= 0.6 is 0 Å². The first-order valence-corrected chi connectivity index (χ1v) is 14.3. The van der Waals surface area contributed by atoms with Crippen molar-refractivity contribution in [2.24, 2.45) is 11.3 Å². The first kappa shape index (κ1) is 25.9. The molecule has 196 valence electrons. The summed E-state index contributed by atoms with van der Waals surface area (Å²) in [6.07, 6.45) is 18.0. The van der Waals surface area contributed by atoms with E-state index in [9.17, 15) is 0 Å². The standard InChI is InChI=1S/C34H44N2O/c1-22-14-16-36-32-30(22)27(25-11-7-13-29-26(18-25)12-9-17-37-29)19-28(31(32)23(2)35)34(6)15-8-10-24(21-34)20-33(3,4)5/h7,11,14,16,18-19,24,35H,8-10,12-13,15,17,20-21H2,1-6H3. The molecule has 0 bridgehead atoms. The van der Waals surface area contributed by atoms with Gasteiger partial charge in [-0.2, -0.15) is 0 Å². The zero-order chi connectivity index (χ0) is 26.4. The SMILES string of the molecule is CC(=N)c1c(C2(C)CCCC(CC(C)(C)C)C2)cc(C2=CC3=C(CC=C2)OCCC3)c2c(C)ccnc12. The van der Waals surface area contributed by atoms with Crippen molar-refractivity contribution < 1.29 is 4.74 Å². The van der Waals surface area contributed by atoms with Crippen LogP contribution in [0.25, 0.3) is 16.5 Å². The number of fused-ring (bicyclic) bond motifs is 1. The van der Waals surface area contributed by atoms with Gasteiger partial charge in [-0.25, -0.2) is 0 Å². The molecular formula is C34H44N2O. The predicted octanol–water partition coefficient (Wildman–Crippen LogP) is 9.22. The Morgan fingerprint density at radius 1 is 1.24 bits per heavy atom. The Labute approximate surface area is 223 Å². The Hall–Kier alpha value is -2.68. The van der Waals surface area contributed by atoms with Gasteiger partial charge in [0, 0.05) is 29.3 Å². The molecule has 2 unspecified atom stereocenters. The Balaban J connectivity index is 1.73. The maximum Gasteiger partial charge on any atom is 0.103 e. The van der Waals surface area contributed by atoms with Gasteiger partial charge < -0.3 is 10.1 Å². The molecule has 1 aromatic heterocycles. The van der Waals surface area contributed by atoms with Crippen LogP contribution in [-0.4, -0.2) is 17.3 Å². The summed E-state index contributed by atoms with van der Waals surface area (Å²) in [6.45, 7) is 14.5. The molecule has 1 aromatic carbocycles. The number of pyridine rings is 1. The van der Waals surface area contributed by atoms with Crippen molar-refractivity contribution in [3.8, 4) is 0 Å². The number of hydrogen-bond acceptors (Lipinski definition) is 3. The van der Waals surface area contributed by atoms with Crippen molar-refractivity contribution in [3.63, 3.8) is 0 Å². The van der Waals surface area contributed by atoms with Crippen LogP contribution in [0.5, 0.6) is 0 Å². The number of nitrogens with zero attached hydrogens (tertiary/aromatic N) is 1. The van der Waals surface area contributed by atoms with E-state index in [2.05, 4.69) is 65.0 Å². The fraction of sp³-hybridized carbons (Fsp3) is 0.529. The number of nitrogens with one attached hydrogen (secondary N) is 1. The molecule has 1 fully saturated rings. The lowest BCUT2D eigenvalue weighted by Gasteiger charge is -2.42. The molecule has 0 spiro atoms. The van der Waals surface area contributed by atoms with E-state index in [0.717, 1.165) is 42.7 Å². The number of aromatic nitrogens is 1. The zero-order valence-electron chi connectivity index (χ0n) is 23.8. The monoisotopic (exact) mass is 496 g/mol. The lowest BCUT2D eigenvalue weighted by molar-refractivity contribution is 0.180. The molecule has 0 saturated heterocycles. The van der Waals surface area contributed by atoms with Gasteiger partial charge in [-0.1, -0.05) is 52.7 Å².